The van der Waals surface area contributed by atoms with Crippen molar-refractivity contribution in [3.8, 4) is 0 Å². The van der Waals surface area contributed by atoms with E-state index in [1.165, 1.54) is 6.92 Å². The van der Waals surface area contributed by atoms with Gasteiger partial charge in [0, 0.05) is 27.7 Å². The second kappa shape index (κ2) is 21.0. The van der Waals surface area contributed by atoms with E-state index in [1.54, 1.807) is 0 Å². The van der Waals surface area contributed by atoms with Crippen LogP contribution in [-0.2, 0) is 86.4 Å². The Morgan fingerprint density at radius 1 is 0.518 bits per heavy atom. The number of carbonyl (C=O) groups excluding carboxylic acids is 4. The van der Waals surface area contributed by atoms with E-state index in [0.717, 1.165) is 37.5 Å². The first-order valence-electron chi connectivity index (χ1n) is 18.2. The van der Waals surface area contributed by atoms with Gasteiger partial charge >= 0.3 is 23.9 Å². The predicted octanol–water partition coefficient (Wildman–Crippen LogP) is 3.56. The zero-order valence-electron chi connectivity index (χ0n) is 31.6. The lowest BCUT2D eigenvalue weighted by molar-refractivity contribution is -0.365. The van der Waals surface area contributed by atoms with Crippen molar-refractivity contribution in [2.24, 2.45) is 0 Å². The zero-order chi connectivity index (χ0) is 40.0. The van der Waals surface area contributed by atoms with Crippen LogP contribution in [0.5, 0.6) is 0 Å². The second-order valence-electron chi connectivity index (χ2n) is 13.3. The van der Waals surface area contributed by atoms with Crippen LogP contribution in [0.15, 0.2) is 91.0 Å². The summed E-state index contributed by atoms with van der Waals surface area (Å²) in [6, 6.07) is 28.0. The number of benzene rings is 3. The molecule has 15 nitrogen and oxygen atoms in total. The van der Waals surface area contributed by atoms with E-state index in [-0.39, 0.29) is 26.4 Å². The molecule has 0 aliphatic carbocycles. The fourth-order valence-corrected chi connectivity index (χ4v) is 6.41. The molecule has 0 bridgehead atoms. The Morgan fingerprint density at radius 3 is 1.50 bits per heavy atom. The third-order valence-corrected chi connectivity index (χ3v) is 8.81. The molecule has 0 amide bonds. The Balaban J connectivity index is 1.54. The normalized spacial score (nSPS) is 27.4. The molecule has 3 aromatic carbocycles. The van der Waals surface area contributed by atoms with Crippen molar-refractivity contribution in [2.75, 3.05) is 13.2 Å². The maximum atomic E-state index is 12.6. The van der Waals surface area contributed by atoms with Gasteiger partial charge in [0.25, 0.3) is 0 Å². The van der Waals surface area contributed by atoms with Crippen molar-refractivity contribution < 1.29 is 71.7 Å². The quantitative estimate of drug-likeness (QED) is 0.155. The highest BCUT2D eigenvalue weighted by molar-refractivity contribution is 5.68. The summed E-state index contributed by atoms with van der Waals surface area (Å²) in [5.41, 5.74) is 2.49. The lowest BCUT2D eigenvalue weighted by Gasteiger charge is -2.48. The Labute approximate surface area is 325 Å². The fraction of sp³-hybridized carbons (Fsp3) is 0.463. The molecular formula is C41H48O15. The van der Waals surface area contributed by atoms with Crippen molar-refractivity contribution >= 4 is 23.9 Å². The van der Waals surface area contributed by atoms with Crippen LogP contribution in [0.2, 0.25) is 0 Å². The van der Waals surface area contributed by atoms with Gasteiger partial charge in [-0.2, -0.15) is 0 Å². The third-order valence-electron chi connectivity index (χ3n) is 8.81. The molecule has 0 spiro atoms. The molecular weight excluding hydrogens is 732 g/mol. The van der Waals surface area contributed by atoms with Crippen LogP contribution in [0.3, 0.4) is 0 Å². The van der Waals surface area contributed by atoms with Crippen molar-refractivity contribution in [3.63, 3.8) is 0 Å². The van der Waals surface area contributed by atoms with Gasteiger partial charge in [-0.25, -0.2) is 0 Å². The maximum Gasteiger partial charge on any atom is 0.303 e. The Bertz CT molecular complexity index is 1690. The van der Waals surface area contributed by atoms with Gasteiger partial charge in [-0.15, -0.1) is 0 Å². The van der Waals surface area contributed by atoms with E-state index in [0.29, 0.717) is 0 Å². The summed E-state index contributed by atoms with van der Waals surface area (Å²) in [6.07, 6.45) is -13.3. The largest absolute Gasteiger partial charge is 0.463 e. The molecule has 302 valence electrons. The minimum absolute atomic E-state index is 0.0550. The monoisotopic (exact) mass is 780 g/mol. The van der Waals surface area contributed by atoms with Gasteiger partial charge in [0.1, 0.15) is 37.1 Å². The van der Waals surface area contributed by atoms with Crippen molar-refractivity contribution in [3.05, 3.63) is 108 Å². The number of aliphatic hydroxyl groups excluding tert-OH is 1. The molecule has 15 heteroatoms. The molecule has 3 aromatic rings. The number of hydrogen-bond acceptors (Lipinski definition) is 15. The third kappa shape index (κ3) is 12.4. The second-order valence-corrected chi connectivity index (χ2v) is 13.3. The molecule has 2 aliphatic rings. The molecule has 2 aliphatic heterocycles. The molecule has 56 heavy (non-hydrogen) atoms. The first-order chi connectivity index (χ1) is 27.0. The van der Waals surface area contributed by atoms with Crippen LogP contribution in [0.25, 0.3) is 0 Å². The van der Waals surface area contributed by atoms with Gasteiger partial charge in [-0.05, 0) is 16.7 Å². The molecule has 0 unspecified atom stereocenters. The van der Waals surface area contributed by atoms with E-state index < -0.39 is 91.9 Å². The van der Waals surface area contributed by atoms with Crippen LogP contribution >= 0.6 is 0 Å². The average Bonchev–Trinajstić information content (AvgIpc) is 3.16. The molecule has 0 aromatic heterocycles. The van der Waals surface area contributed by atoms with E-state index in [2.05, 4.69) is 0 Å². The number of ether oxygens (including phenoxy) is 10. The van der Waals surface area contributed by atoms with Crippen molar-refractivity contribution in [1.29, 1.82) is 0 Å². The molecule has 1 N–H and O–H groups in total. The standard InChI is InChI=1S/C41H48O15/c1-25(42)48-24-33-35(51-26(2)43)37(52-27(3)44)39(53-28(4)45)41(55-33)56-34-32(23-47-20-29-14-8-5-9-15-29)54-40(46)38(50-22-31-18-12-7-13-19-31)36(34)49-21-30-16-10-6-11-17-30/h5-19,32-41,46H,20-24H2,1-4H3/t32-,33-,34-,35-,36+,37+,38-,39+,40+,41-/m1/s1. The number of esters is 4. The lowest BCUT2D eigenvalue weighted by atomic mass is 9.96. The Kier molecular flexibility index (Phi) is 15.9. The smallest absolute Gasteiger partial charge is 0.303 e. The van der Waals surface area contributed by atoms with Crippen LogP contribution in [0.4, 0.5) is 0 Å². The summed E-state index contributed by atoms with van der Waals surface area (Å²) >= 11 is 0. The summed E-state index contributed by atoms with van der Waals surface area (Å²) in [7, 11) is 0. The van der Waals surface area contributed by atoms with Crippen molar-refractivity contribution in [2.45, 2.75) is 109 Å². The highest BCUT2D eigenvalue weighted by Crippen LogP contribution is 2.35. The van der Waals surface area contributed by atoms with Crippen LogP contribution in [0, 0.1) is 0 Å². The van der Waals surface area contributed by atoms with Crippen LogP contribution in [-0.4, -0.2) is 104 Å². The van der Waals surface area contributed by atoms with Gasteiger partial charge in [-0.1, -0.05) is 91.0 Å². The van der Waals surface area contributed by atoms with E-state index in [9.17, 15) is 24.3 Å². The number of aliphatic hydroxyl groups is 1. The van der Waals surface area contributed by atoms with Crippen LogP contribution < -0.4 is 0 Å². The molecule has 10 atom stereocenters. The van der Waals surface area contributed by atoms with Gasteiger partial charge in [0.15, 0.2) is 30.9 Å². The summed E-state index contributed by atoms with van der Waals surface area (Å²) < 4.78 is 60.2. The molecule has 2 fully saturated rings. The summed E-state index contributed by atoms with van der Waals surface area (Å²) in [6.45, 7) is 4.29. The van der Waals surface area contributed by atoms with E-state index >= 15 is 0 Å². The van der Waals surface area contributed by atoms with Gasteiger partial charge in [0.2, 0.25) is 0 Å². The van der Waals surface area contributed by atoms with Crippen molar-refractivity contribution in [1.82, 2.24) is 0 Å². The summed E-state index contributed by atoms with van der Waals surface area (Å²) in [5, 5.41) is 11.5. The van der Waals surface area contributed by atoms with E-state index in [4.69, 9.17) is 47.4 Å². The van der Waals surface area contributed by atoms with Gasteiger partial charge in [0.05, 0.1) is 26.4 Å². The van der Waals surface area contributed by atoms with Gasteiger partial charge < -0.3 is 52.5 Å². The van der Waals surface area contributed by atoms with E-state index in [1.807, 2.05) is 91.0 Å². The minimum Gasteiger partial charge on any atom is -0.463 e. The number of carbonyl (C=O) groups is 4. The first kappa shape index (κ1) is 42.4. The Hall–Kier alpha value is -4.74. The molecule has 0 saturated carbocycles. The minimum atomic E-state index is -1.59. The highest BCUT2D eigenvalue weighted by atomic mass is 16.8. The molecule has 2 saturated heterocycles. The fourth-order valence-electron chi connectivity index (χ4n) is 6.41. The van der Waals surface area contributed by atoms with Crippen LogP contribution in [0.1, 0.15) is 44.4 Å². The maximum absolute atomic E-state index is 12.6. The SMILES string of the molecule is CC(=O)OC[C@H]1O[C@H](O[C@H]2[C@H](OCc3ccccc3)[C@@H](OCc3ccccc3)[C@@H](O)O[C@@H]2COCc2ccccc2)[C@@H](OC(C)=O)[C@@H](OC(C)=O)[C@@H]1OC(C)=O. The molecule has 0 radical (unpaired) electrons. The topological polar surface area (TPSA) is 181 Å². The number of hydrogen-bond donors (Lipinski definition) is 1. The zero-order valence-corrected chi connectivity index (χ0v) is 31.6. The average molecular weight is 781 g/mol. The lowest BCUT2D eigenvalue weighted by Crippen LogP contribution is -2.66. The molecule has 2 heterocycles. The summed E-state index contributed by atoms with van der Waals surface area (Å²) in [5.74, 6) is -3.05. The van der Waals surface area contributed by atoms with Gasteiger partial charge in [-0.3, -0.25) is 19.2 Å². The highest BCUT2D eigenvalue weighted by Gasteiger charge is 2.56. The summed E-state index contributed by atoms with van der Waals surface area (Å²) in [4.78, 5) is 49.4. The Morgan fingerprint density at radius 2 is 0.982 bits per heavy atom. The molecule has 5 rings (SSSR count). The predicted molar refractivity (Wildman–Crippen MR) is 194 cm³/mol. The number of rotatable bonds is 17. The first-order valence-corrected chi connectivity index (χ1v) is 18.2.